The third-order valence-corrected chi connectivity index (χ3v) is 3.01. The summed E-state index contributed by atoms with van der Waals surface area (Å²) in [7, 11) is 0. The Hall–Kier alpha value is -2.36. The van der Waals surface area contributed by atoms with E-state index in [0.29, 0.717) is 12.2 Å². The summed E-state index contributed by atoms with van der Waals surface area (Å²) < 4.78 is 19.3. The zero-order chi connectivity index (χ0) is 14.5. The molecule has 0 aromatic heterocycles. The summed E-state index contributed by atoms with van der Waals surface area (Å²) in [6, 6.07) is 12.9. The van der Waals surface area contributed by atoms with Crippen LogP contribution in [0.1, 0.15) is 24.2 Å². The van der Waals surface area contributed by atoms with Crippen LogP contribution in [0.15, 0.2) is 48.5 Å². The van der Waals surface area contributed by atoms with E-state index >= 15 is 0 Å². The Kier molecular flexibility index (Phi) is 4.35. The van der Waals surface area contributed by atoms with Crippen LogP contribution in [0.4, 0.5) is 4.39 Å². The molecule has 4 heteroatoms. The minimum Gasteiger partial charge on any atom is -0.478 e. The number of carboxylic acids is 1. The van der Waals surface area contributed by atoms with Crippen molar-refractivity contribution in [2.24, 2.45) is 0 Å². The zero-order valence-electron chi connectivity index (χ0n) is 11.0. The summed E-state index contributed by atoms with van der Waals surface area (Å²) in [5.41, 5.74) is 0.904. The largest absolute Gasteiger partial charge is 0.478 e. The molecule has 0 saturated heterocycles. The molecular formula is C16H15FO3. The third kappa shape index (κ3) is 2.96. The summed E-state index contributed by atoms with van der Waals surface area (Å²) in [4.78, 5) is 11.4. The summed E-state index contributed by atoms with van der Waals surface area (Å²) in [5.74, 6) is -1.35. The number of hydrogen-bond acceptors (Lipinski definition) is 2. The highest BCUT2D eigenvalue weighted by Gasteiger charge is 2.25. The van der Waals surface area contributed by atoms with Crippen molar-refractivity contribution in [2.45, 2.75) is 19.4 Å². The molecule has 0 heterocycles. The predicted octanol–water partition coefficient (Wildman–Crippen LogP) is 3.59. The van der Waals surface area contributed by atoms with Gasteiger partial charge in [-0.25, -0.2) is 9.18 Å². The predicted molar refractivity (Wildman–Crippen MR) is 73.2 cm³/mol. The number of carbonyl (C=O) groups is 1. The topological polar surface area (TPSA) is 46.5 Å². The molecule has 1 atom stereocenters. The fourth-order valence-corrected chi connectivity index (χ4v) is 1.97. The second-order valence-corrected chi connectivity index (χ2v) is 4.32. The molecule has 0 amide bonds. The molecule has 2 rings (SSSR count). The first-order valence-electron chi connectivity index (χ1n) is 6.35. The Bertz CT molecular complexity index is 610. The first-order chi connectivity index (χ1) is 9.63. The lowest BCUT2D eigenvalue weighted by Gasteiger charge is -2.18. The molecule has 0 aliphatic carbocycles. The molecule has 0 aliphatic rings. The number of rotatable bonds is 5. The van der Waals surface area contributed by atoms with Crippen molar-refractivity contribution in [3.8, 4) is 5.75 Å². The van der Waals surface area contributed by atoms with E-state index in [0.717, 1.165) is 5.56 Å². The van der Waals surface area contributed by atoms with Crippen molar-refractivity contribution < 1.29 is 19.0 Å². The first kappa shape index (κ1) is 14.1. The quantitative estimate of drug-likeness (QED) is 0.906. The maximum Gasteiger partial charge on any atom is 0.349 e. The van der Waals surface area contributed by atoms with Gasteiger partial charge in [0.05, 0.1) is 0 Å². The highest BCUT2D eigenvalue weighted by atomic mass is 19.1. The van der Waals surface area contributed by atoms with Crippen LogP contribution in [0.25, 0.3) is 0 Å². The van der Waals surface area contributed by atoms with Gasteiger partial charge in [0.25, 0.3) is 0 Å². The highest BCUT2D eigenvalue weighted by molar-refractivity contribution is 5.75. The molecule has 1 unspecified atom stereocenters. The van der Waals surface area contributed by atoms with Crippen LogP contribution in [0.2, 0.25) is 0 Å². The smallest absolute Gasteiger partial charge is 0.349 e. The highest BCUT2D eigenvalue weighted by Crippen LogP contribution is 2.27. The van der Waals surface area contributed by atoms with Crippen molar-refractivity contribution in [3.63, 3.8) is 0 Å². The molecule has 1 N–H and O–H groups in total. The van der Waals surface area contributed by atoms with Gasteiger partial charge in [-0.1, -0.05) is 43.3 Å². The second kappa shape index (κ2) is 6.19. The van der Waals surface area contributed by atoms with E-state index in [1.54, 1.807) is 18.2 Å². The molecule has 2 aromatic carbocycles. The van der Waals surface area contributed by atoms with Crippen LogP contribution in [-0.4, -0.2) is 11.1 Å². The standard InChI is InChI=1S/C16H15FO3/c1-2-11-7-3-6-10-14(11)20-15(16(18)19)12-8-4-5-9-13(12)17/h3-10,15H,2H2,1H3,(H,18,19). The van der Waals surface area contributed by atoms with E-state index in [9.17, 15) is 14.3 Å². The number of hydrogen-bond donors (Lipinski definition) is 1. The number of carboxylic acid groups (broad SMARTS) is 1. The van der Waals surface area contributed by atoms with Gasteiger partial charge in [-0.05, 0) is 24.1 Å². The van der Waals surface area contributed by atoms with Gasteiger partial charge in [-0.2, -0.15) is 0 Å². The van der Waals surface area contributed by atoms with Gasteiger partial charge in [0.15, 0.2) is 0 Å². The van der Waals surface area contributed by atoms with E-state index in [4.69, 9.17) is 4.74 Å². The number of ether oxygens (including phenoxy) is 1. The van der Waals surface area contributed by atoms with Crippen molar-refractivity contribution in [3.05, 3.63) is 65.5 Å². The lowest BCUT2D eigenvalue weighted by Crippen LogP contribution is -2.20. The van der Waals surface area contributed by atoms with Crippen LogP contribution in [0.5, 0.6) is 5.75 Å². The Labute approximate surface area is 116 Å². The lowest BCUT2D eigenvalue weighted by atomic mass is 10.1. The maximum absolute atomic E-state index is 13.7. The molecule has 2 aromatic rings. The molecule has 20 heavy (non-hydrogen) atoms. The lowest BCUT2D eigenvalue weighted by molar-refractivity contribution is -0.145. The molecule has 104 valence electrons. The molecular weight excluding hydrogens is 259 g/mol. The Morgan fingerprint density at radius 2 is 1.85 bits per heavy atom. The molecule has 3 nitrogen and oxygen atoms in total. The SMILES string of the molecule is CCc1ccccc1OC(C(=O)O)c1ccccc1F. The van der Waals surface area contributed by atoms with Crippen LogP contribution >= 0.6 is 0 Å². The average molecular weight is 274 g/mol. The second-order valence-electron chi connectivity index (χ2n) is 4.32. The summed E-state index contributed by atoms with van der Waals surface area (Å²) in [6.45, 7) is 1.95. The van der Waals surface area contributed by atoms with Gasteiger partial charge in [-0.3, -0.25) is 0 Å². The number of para-hydroxylation sites is 1. The minimum atomic E-state index is -1.36. The molecule has 0 aliphatic heterocycles. The fraction of sp³-hybridized carbons (Fsp3) is 0.188. The van der Waals surface area contributed by atoms with Gasteiger partial charge in [0.2, 0.25) is 6.10 Å². The van der Waals surface area contributed by atoms with Crippen molar-refractivity contribution in [1.29, 1.82) is 0 Å². The van der Waals surface area contributed by atoms with Crippen LogP contribution in [-0.2, 0) is 11.2 Å². The number of aliphatic carboxylic acids is 1. The van der Waals surface area contributed by atoms with Crippen LogP contribution in [0, 0.1) is 5.82 Å². The Morgan fingerprint density at radius 1 is 1.20 bits per heavy atom. The monoisotopic (exact) mass is 274 g/mol. The van der Waals surface area contributed by atoms with E-state index < -0.39 is 17.9 Å². The average Bonchev–Trinajstić information content (AvgIpc) is 2.46. The van der Waals surface area contributed by atoms with Gasteiger partial charge in [0, 0.05) is 5.56 Å². The molecule has 0 spiro atoms. The number of benzene rings is 2. The first-order valence-corrected chi connectivity index (χ1v) is 6.35. The van der Waals surface area contributed by atoms with Crippen LogP contribution in [0.3, 0.4) is 0 Å². The molecule has 0 fully saturated rings. The van der Waals surface area contributed by atoms with E-state index in [2.05, 4.69) is 0 Å². The molecule has 0 radical (unpaired) electrons. The van der Waals surface area contributed by atoms with Gasteiger partial charge < -0.3 is 9.84 Å². The number of aryl methyl sites for hydroxylation is 1. The summed E-state index contributed by atoms with van der Waals surface area (Å²) in [5, 5.41) is 9.28. The number of halogens is 1. The normalized spacial score (nSPS) is 11.9. The van der Waals surface area contributed by atoms with Crippen molar-refractivity contribution in [1.82, 2.24) is 0 Å². The van der Waals surface area contributed by atoms with E-state index in [1.807, 2.05) is 19.1 Å². The summed E-state index contributed by atoms with van der Waals surface area (Å²) in [6.07, 6.45) is -0.649. The zero-order valence-corrected chi connectivity index (χ0v) is 11.0. The van der Waals surface area contributed by atoms with Crippen LogP contribution < -0.4 is 4.74 Å². The van der Waals surface area contributed by atoms with Gasteiger partial charge in [-0.15, -0.1) is 0 Å². The summed E-state index contributed by atoms with van der Waals surface area (Å²) >= 11 is 0. The van der Waals surface area contributed by atoms with E-state index in [-0.39, 0.29) is 5.56 Å². The Morgan fingerprint density at radius 3 is 2.50 bits per heavy atom. The van der Waals surface area contributed by atoms with Gasteiger partial charge >= 0.3 is 5.97 Å². The molecule has 0 saturated carbocycles. The fourth-order valence-electron chi connectivity index (χ4n) is 1.97. The van der Waals surface area contributed by atoms with Gasteiger partial charge in [0.1, 0.15) is 11.6 Å². The Balaban J connectivity index is 2.36. The van der Waals surface area contributed by atoms with Crippen molar-refractivity contribution >= 4 is 5.97 Å². The third-order valence-electron chi connectivity index (χ3n) is 3.01. The maximum atomic E-state index is 13.7. The molecule has 0 bridgehead atoms. The van der Waals surface area contributed by atoms with E-state index in [1.165, 1.54) is 18.2 Å². The minimum absolute atomic E-state index is 0.0194. The van der Waals surface area contributed by atoms with Crippen molar-refractivity contribution in [2.75, 3.05) is 0 Å².